The first kappa shape index (κ1) is 7.12. The zero-order chi connectivity index (χ0) is 7.56. The van der Waals surface area contributed by atoms with Gasteiger partial charge in [-0.1, -0.05) is 6.58 Å². The van der Waals surface area contributed by atoms with Crippen molar-refractivity contribution in [2.24, 2.45) is 0 Å². The van der Waals surface area contributed by atoms with E-state index in [9.17, 15) is 4.79 Å². The van der Waals surface area contributed by atoms with Crippen LogP contribution in [-0.4, -0.2) is 24.0 Å². The first-order chi connectivity index (χ1) is 4.72. The molecular formula is C7H12N2O. The fourth-order valence-electron chi connectivity index (χ4n) is 0.994. The van der Waals surface area contributed by atoms with Crippen LogP contribution in [0.3, 0.4) is 0 Å². The van der Waals surface area contributed by atoms with Crippen LogP contribution in [0.15, 0.2) is 12.3 Å². The summed E-state index contributed by atoms with van der Waals surface area (Å²) in [7, 11) is 0. The van der Waals surface area contributed by atoms with E-state index in [0.29, 0.717) is 0 Å². The zero-order valence-electron chi connectivity index (χ0n) is 6.18. The average molecular weight is 140 g/mol. The molecule has 3 heteroatoms. The van der Waals surface area contributed by atoms with Crippen LogP contribution in [0.2, 0.25) is 0 Å². The van der Waals surface area contributed by atoms with Crippen LogP contribution in [0.1, 0.15) is 13.3 Å². The average Bonchev–Trinajstić information content (AvgIpc) is 1.88. The summed E-state index contributed by atoms with van der Waals surface area (Å²) < 4.78 is 0. The molecule has 1 N–H and O–H groups in total. The molecule has 1 aliphatic rings. The standard InChI is InChI=1S/C7H12N2O/c1-6(2)9-5-3-4-8-7(9)10/h1,3-5H2,2H3,(H,8,10). The molecular weight excluding hydrogens is 128 g/mol. The van der Waals surface area contributed by atoms with Crippen molar-refractivity contribution in [1.82, 2.24) is 10.2 Å². The van der Waals surface area contributed by atoms with Gasteiger partial charge in [0.15, 0.2) is 0 Å². The summed E-state index contributed by atoms with van der Waals surface area (Å²) in [5.41, 5.74) is 0.817. The van der Waals surface area contributed by atoms with Crippen molar-refractivity contribution in [2.75, 3.05) is 13.1 Å². The van der Waals surface area contributed by atoms with Gasteiger partial charge in [-0.15, -0.1) is 0 Å². The molecule has 0 unspecified atom stereocenters. The molecule has 3 nitrogen and oxygen atoms in total. The molecule has 0 aromatic carbocycles. The summed E-state index contributed by atoms with van der Waals surface area (Å²) in [6, 6.07) is -0.0150. The van der Waals surface area contributed by atoms with Crippen molar-refractivity contribution in [3.8, 4) is 0 Å². The Balaban J connectivity index is 2.56. The van der Waals surface area contributed by atoms with Crippen LogP contribution in [0.5, 0.6) is 0 Å². The van der Waals surface area contributed by atoms with E-state index >= 15 is 0 Å². The van der Waals surface area contributed by atoms with E-state index in [1.54, 1.807) is 4.90 Å². The third-order valence-electron chi connectivity index (χ3n) is 1.54. The van der Waals surface area contributed by atoms with Gasteiger partial charge in [-0.05, 0) is 13.3 Å². The third-order valence-corrected chi connectivity index (χ3v) is 1.54. The second-order valence-electron chi connectivity index (χ2n) is 2.47. The molecule has 0 bridgehead atoms. The summed E-state index contributed by atoms with van der Waals surface area (Å²) in [5, 5.41) is 2.74. The van der Waals surface area contributed by atoms with Crippen LogP contribution < -0.4 is 5.32 Å². The van der Waals surface area contributed by atoms with Gasteiger partial charge in [0.25, 0.3) is 0 Å². The lowest BCUT2D eigenvalue weighted by atomic mass is 10.3. The van der Waals surface area contributed by atoms with Crippen LogP contribution in [0.25, 0.3) is 0 Å². The highest BCUT2D eigenvalue weighted by Gasteiger charge is 2.16. The maximum absolute atomic E-state index is 11.0. The van der Waals surface area contributed by atoms with Crippen molar-refractivity contribution in [2.45, 2.75) is 13.3 Å². The van der Waals surface area contributed by atoms with Gasteiger partial charge in [0.05, 0.1) is 0 Å². The fraction of sp³-hybridized carbons (Fsp3) is 0.571. The number of hydrogen-bond acceptors (Lipinski definition) is 1. The topological polar surface area (TPSA) is 32.3 Å². The lowest BCUT2D eigenvalue weighted by Gasteiger charge is -2.27. The van der Waals surface area contributed by atoms with Crippen molar-refractivity contribution in [1.29, 1.82) is 0 Å². The highest BCUT2D eigenvalue weighted by atomic mass is 16.2. The van der Waals surface area contributed by atoms with E-state index in [-0.39, 0.29) is 6.03 Å². The van der Waals surface area contributed by atoms with E-state index in [1.807, 2.05) is 6.92 Å². The molecule has 1 saturated heterocycles. The SMILES string of the molecule is C=C(C)N1CCCNC1=O. The Hall–Kier alpha value is -0.990. The molecule has 0 atom stereocenters. The highest BCUT2D eigenvalue weighted by Crippen LogP contribution is 2.05. The van der Waals surface area contributed by atoms with Crippen LogP contribution in [0, 0.1) is 0 Å². The number of nitrogens with zero attached hydrogens (tertiary/aromatic N) is 1. The molecule has 0 aromatic rings. The van der Waals surface area contributed by atoms with Crippen molar-refractivity contribution < 1.29 is 4.79 Å². The molecule has 0 radical (unpaired) electrons. The Morgan fingerprint density at radius 1 is 1.80 bits per heavy atom. The first-order valence-electron chi connectivity index (χ1n) is 3.42. The summed E-state index contributed by atoms with van der Waals surface area (Å²) in [5.74, 6) is 0. The Morgan fingerprint density at radius 2 is 2.50 bits per heavy atom. The summed E-state index contributed by atoms with van der Waals surface area (Å²) in [6.45, 7) is 7.13. The monoisotopic (exact) mass is 140 g/mol. The molecule has 0 saturated carbocycles. The van der Waals surface area contributed by atoms with Gasteiger partial charge in [0.1, 0.15) is 0 Å². The minimum Gasteiger partial charge on any atom is -0.338 e. The number of allylic oxidation sites excluding steroid dienone is 1. The molecule has 0 spiro atoms. The largest absolute Gasteiger partial charge is 0.338 e. The molecule has 10 heavy (non-hydrogen) atoms. The molecule has 1 fully saturated rings. The first-order valence-corrected chi connectivity index (χ1v) is 3.42. The smallest absolute Gasteiger partial charge is 0.321 e. The molecule has 56 valence electrons. The Bertz CT molecular complexity index is 165. The summed E-state index contributed by atoms with van der Waals surface area (Å²) >= 11 is 0. The Labute approximate surface area is 60.7 Å². The highest BCUT2D eigenvalue weighted by molar-refractivity contribution is 5.76. The van der Waals surface area contributed by atoms with Crippen LogP contribution in [-0.2, 0) is 0 Å². The van der Waals surface area contributed by atoms with Crippen molar-refractivity contribution in [3.63, 3.8) is 0 Å². The van der Waals surface area contributed by atoms with E-state index in [0.717, 1.165) is 25.2 Å². The van der Waals surface area contributed by atoms with Crippen molar-refractivity contribution >= 4 is 6.03 Å². The predicted molar refractivity (Wildman–Crippen MR) is 39.5 cm³/mol. The minimum absolute atomic E-state index is 0.0150. The minimum atomic E-state index is -0.0150. The molecule has 1 rings (SSSR count). The molecule has 0 aliphatic carbocycles. The van der Waals surface area contributed by atoms with Gasteiger partial charge < -0.3 is 5.32 Å². The van der Waals surface area contributed by atoms with E-state index in [2.05, 4.69) is 11.9 Å². The van der Waals surface area contributed by atoms with Gasteiger partial charge in [-0.2, -0.15) is 0 Å². The number of hydrogen-bond donors (Lipinski definition) is 1. The molecule has 2 amide bonds. The second kappa shape index (κ2) is 2.73. The van der Waals surface area contributed by atoms with Gasteiger partial charge in [-0.3, -0.25) is 4.90 Å². The van der Waals surface area contributed by atoms with Gasteiger partial charge >= 0.3 is 6.03 Å². The maximum atomic E-state index is 11.0. The number of urea groups is 1. The summed E-state index contributed by atoms with van der Waals surface area (Å²) in [6.07, 6.45) is 1.01. The predicted octanol–water partition coefficient (Wildman–Crippen LogP) is 0.935. The van der Waals surface area contributed by atoms with E-state index < -0.39 is 0 Å². The van der Waals surface area contributed by atoms with Crippen molar-refractivity contribution in [3.05, 3.63) is 12.3 Å². The number of amides is 2. The van der Waals surface area contributed by atoms with E-state index in [4.69, 9.17) is 0 Å². The molecule has 0 aromatic heterocycles. The number of rotatable bonds is 1. The molecule has 1 heterocycles. The number of nitrogens with one attached hydrogen (secondary N) is 1. The normalized spacial score (nSPS) is 18.5. The van der Waals surface area contributed by atoms with Crippen LogP contribution >= 0.6 is 0 Å². The molecule has 1 aliphatic heterocycles. The summed E-state index contributed by atoms with van der Waals surface area (Å²) in [4.78, 5) is 12.6. The Kier molecular flexibility index (Phi) is 1.94. The van der Waals surface area contributed by atoms with Gasteiger partial charge in [-0.25, -0.2) is 4.79 Å². The van der Waals surface area contributed by atoms with Crippen LogP contribution in [0.4, 0.5) is 4.79 Å². The maximum Gasteiger partial charge on any atom is 0.321 e. The van der Waals surface area contributed by atoms with Gasteiger partial charge in [0.2, 0.25) is 0 Å². The lowest BCUT2D eigenvalue weighted by molar-refractivity contribution is 0.201. The second-order valence-corrected chi connectivity index (χ2v) is 2.47. The van der Waals surface area contributed by atoms with Gasteiger partial charge in [0, 0.05) is 18.8 Å². The van der Waals surface area contributed by atoms with E-state index in [1.165, 1.54) is 0 Å². The third kappa shape index (κ3) is 1.29. The lowest BCUT2D eigenvalue weighted by Crippen LogP contribution is -2.44. The number of carbonyl (C=O) groups is 1. The fourth-order valence-corrected chi connectivity index (χ4v) is 0.994. The number of carbonyl (C=O) groups excluding carboxylic acids is 1. The Morgan fingerprint density at radius 3 is 2.90 bits per heavy atom. The quantitative estimate of drug-likeness (QED) is 0.577. The zero-order valence-corrected chi connectivity index (χ0v) is 6.18.